The van der Waals surface area contributed by atoms with Crippen molar-refractivity contribution in [2.24, 2.45) is 0 Å². The first-order valence-electron chi connectivity index (χ1n) is 7.81. The van der Waals surface area contributed by atoms with Crippen LogP contribution in [0.2, 0.25) is 5.02 Å². The Balaban J connectivity index is 2.03. The minimum absolute atomic E-state index is 0.0750. The molecule has 0 radical (unpaired) electrons. The molecule has 0 saturated heterocycles. The first-order valence-corrected chi connectivity index (χ1v) is 8.18. The van der Waals surface area contributed by atoms with Crippen LogP contribution < -0.4 is 10.6 Å². The lowest BCUT2D eigenvalue weighted by Crippen LogP contribution is -2.30. The zero-order chi connectivity index (χ0) is 17.7. The summed E-state index contributed by atoms with van der Waals surface area (Å²) < 4.78 is 4.99. The average Bonchev–Trinajstić information content (AvgIpc) is 2.82. The van der Waals surface area contributed by atoms with Crippen LogP contribution in [0.1, 0.15) is 18.9 Å². The molecule has 0 aromatic heterocycles. The van der Waals surface area contributed by atoms with Crippen molar-refractivity contribution in [3.05, 3.63) is 40.1 Å². The van der Waals surface area contributed by atoms with Gasteiger partial charge in [0.25, 0.3) is 0 Å². The van der Waals surface area contributed by atoms with Gasteiger partial charge in [0.05, 0.1) is 11.3 Å². The highest BCUT2D eigenvalue weighted by molar-refractivity contribution is 6.31. The number of likely N-dealkylation sites (N-methyl/N-ethyl adjacent to an activating group) is 1. The highest BCUT2D eigenvalue weighted by Gasteiger charge is 2.26. The summed E-state index contributed by atoms with van der Waals surface area (Å²) in [6.07, 6.45) is 1.90. The number of aryl methyl sites for hydroxylation is 1. The second-order valence-corrected chi connectivity index (χ2v) is 6.31. The molecule has 7 heteroatoms. The second kappa shape index (κ2) is 8.17. The first-order chi connectivity index (χ1) is 11.4. The number of esters is 1. The molecule has 1 aliphatic rings. The number of carbonyl (C=O) groups is 2. The number of nitrogens with one attached hydrogen (secondary N) is 2. The fraction of sp³-hybridized carbons (Fsp3) is 0.412. The number of hydrogen-bond acceptors (Lipinski definition) is 4. The minimum Gasteiger partial charge on any atom is -0.456 e. The zero-order valence-corrected chi connectivity index (χ0v) is 14.9. The van der Waals surface area contributed by atoms with Crippen LogP contribution in [0.15, 0.2) is 29.5 Å². The molecule has 0 saturated carbocycles. The molecule has 2 N–H and O–H groups in total. The highest BCUT2D eigenvalue weighted by atomic mass is 35.5. The third kappa shape index (κ3) is 4.72. The summed E-state index contributed by atoms with van der Waals surface area (Å²) in [4.78, 5) is 25.7. The fourth-order valence-electron chi connectivity index (χ4n) is 2.42. The molecule has 130 valence electrons. The van der Waals surface area contributed by atoms with Crippen molar-refractivity contribution in [1.82, 2.24) is 10.2 Å². The molecule has 0 fully saturated rings. The summed E-state index contributed by atoms with van der Waals surface area (Å²) in [6, 6.07) is 5.00. The molecule has 0 unspecified atom stereocenters. The van der Waals surface area contributed by atoms with Crippen LogP contribution >= 0.6 is 11.6 Å². The molecule has 2 rings (SSSR count). The summed E-state index contributed by atoms with van der Waals surface area (Å²) in [7, 11) is 3.69. The lowest BCUT2D eigenvalue weighted by Gasteiger charge is -2.12. The number of amides is 2. The van der Waals surface area contributed by atoms with Crippen molar-refractivity contribution in [1.29, 1.82) is 0 Å². The molecule has 24 heavy (non-hydrogen) atoms. The van der Waals surface area contributed by atoms with Crippen LogP contribution in [-0.4, -0.2) is 44.1 Å². The third-order valence-corrected chi connectivity index (χ3v) is 3.88. The number of cyclic esters (lactones) is 1. The Bertz CT molecular complexity index is 671. The van der Waals surface area contributed by atoms with E-state index in [-0.39, 0.29) is 6.61 Å². The molecule has 1 aromatic carbocycles. The smallest absolute Gasteiger partial charge is 0.337 e. The number of ether oxygens (including phenoxy) is 1. The van der Waals surface area contributed by atoms with E-state index in [4.69, 9.17) is 16.3 Å². The number of urea groups is 1. The van der Waals surface area contributed by atoms with Crippen molar-refractivity contribution in [2.45, 2.75) is 19.8 Å². The minimum atomic E-state index is -0.432. The molecule has 2 amide bonds. The van der Waals surface area contributed by atoms with Gasteiger partial charge in [-0.05, 0) is 38.2 Å². The van der Waals surface area contributed by atoms with E-state index in [9.17, 15) is 9.59 Å². The lowest BCUT2D eigenvalue weighted by molar-refractivity contribution is -0.136. The predicted octanol–water partition coefficient (Wildman–Crippen LogP) is 2.79. The van der Waals surface area contributed by atoms with Crippen molar-refractivity contribution < 1.29 is 14.3 Å². The van der Waals surface area contributed by atoms with Gasteiger partial charge in [0.15, 0.2) is 0 Å². The summed E-state index contributed by atoms with van der Waals surface area (Å²) in [5.74, 6) is -0.397. The van der Waals surface area contributed by atoms with E-state index in [1.807, 2.05) is 31.1 Å². The molecular weight excluding hydrogens is 330 g/mol. The van der Waals surface area contributed by atoms with Gasteiger partial charge in [0.2, 0.25) is 0 Å². The van der Waals surface area contributed by atoms with Crippen LogP contribution in [0.25, 0.3) is 0 Å². The maximum absolute atomic E-state index is 12.1. The number of benzene rings is 1. The van der Waals surface area contributed by atoms with E-state index in [1.165, 1.54) is 0 Å². The highest BCUT2D eigenvalue weighted by Crippen LogP contribution is 2.22. The topological polar surface area (TPSA) is 70.7 Å². The number of anilines is 1. The zero-order valence-electron chi connectivity index (χ0n) is 14.1. The quantitative estimate of drug-likeness (QED) is 0.773. The van der Waals surface area contributed by atoms with Gasteiger partial charge in [-0.1, -0.05) is 31.0 Å². The van der Waals surface area contributed by atoms with Gasteiger partial charge >= 0.3 is 12.0 Å². The summed E-state index contributed by atoms with van der Waals surface area (Å²) in [5.41, 5.74) is 2.60. The Hall–Kier alpha value is -2.05. The first kappa shape index (κ1) is 18.3. The van der Waals surface area contributed by atoms with E-state index in [2.05, 4.69) is 17.6 Å². The summed E-state index contributed by atoms with van der Waals surface area (Å²) >= 11 is 6.21. The van der Waals surface area contributed by atoms with E-state index in [0.29, 0.717) is 28.5 Å². The van der Waals surface area contributed by atoms with Gasteiger partial charge in [-0.15, -0.1) is 0 Å². The molecule has 1 aromatic rings. The summed E-state index contributed by atoms with van der Waals surface area (Å²) in [5, 5.41) is 6.03. The monoisotopic (exact) mass is 351 g/mol. The van der Waals surface area contributed by atoms with Gasteiger partial charge in [-0.2, -0.15) is 0 Å². The number of halogens is 1. The Morgan fingerprint density at radius 1 is 1.33 bits per heavy atom. The lowest BCUT2D eigenvalue weighted by atomic mass is 10.1. The largest absolute Gasteiger partial charge is 0.456 e. The fourth-order valence-corrected chi connectivity index (χ4v) is 2.69. The molecule has 0 aliphatic carbocycles. The Kier molecular flexibility index (Phi) is 6.23. The van der Waals surface area contributed by atoms with Gasteiger partial charge < -0.3 is 20.3 Å². The van der Waals surface area contributed by atoms with Crippen molar-refractivity contribution >= 4 is 29.3 Å². The number of rotatable bonds is 6. The normalized spacial score (nSPS) is 14.1. The Morgan fingerprint density at radius 2 is 2.08 bits per heavy atom. The van der Waals surface area contributed by atoms with Crippen molar-refractivity contribution in [3.8, 4) is 0 Å². The molecule has 0 bridgehead atoms. The second-order valence-electron chi connectivity index (χ2n) is 5.91. The maximum Gasteiger partial charge on any atom is 0.337 e. The third-order valence-electron chi connectivity index (χ3n) is 3.53. The predicted molar refractivity (Wildman–Crippen MR) is 94.1 cm³/mol. The average molecular weight is 352 g/mol. The molecule has 1 heterocycles. The van der Waals surface area contributed by atoms with E-state index in [1.54, 1.807) is 6.07 Å². The van der Waals surface area contributed by atoms with Crippen molar-refractivity contribution in [3.63, 3.8) is 0 Å². The van der Waals surface area contributed by atoms with Crippen LogP contribution in [0.5, 0.6) is 0 Å². The van der Waals surface area contributed by atoms with Gasteiger partial charge in [-0.25, -0.2) is 9.59 Å². The molecule has 0 atom stereocenters. The summed E-state index contributed by atoms with van der Waals surface area (Å²) in [6.45, 7) is 2.57. The van der Waals surface area contributed by atoms with E-state index >= 15 is 0 Å². The Labute approximate surface area is 146 Å². The number of nitrogens with zero attached hydrogens (tertiary/aromatic N) is 1. The molecule has 0 spiro atoms. The molecular formula is C17H22ClN3O3. The van der Waals surface area contributed by atoms with Crippen LogP contribution in [0.3, 0.4) is 0 Å². The number of carbonyl (C=O) groups excluding carboxylic acids is 2. The number of hydrogen-bond donors (Lipinski definition) is 2. The van der Waals surface area contributed by atoms with Crippen molar-refractivity contribution in [2.75, 3.05) is 32.6 Å². The molecule has 1 aliphatic heterocycles. The van der Waals surface area contributed by atoms with E-state index < -0.39 is 12.0 Å². The van der Waals surface area contributed by atoms with Gasteiger partial charge in [-0.3, -0.25) is 0 Å². The Morgan fingerprint density at radius 3 is 2.71 bits per heavy atom. The van der Waals surface area contributed by atoms with Crippen LogP contribution in [-0.2, 0) is 16.0 Å². The van der Waals surface area contributed by atoms with Crippen LogP contribution in [0.4, 0.5) is 10.5 Å². The molecule has 6 nitrogen and oxygen atoms in total. The van der Waals surface area contributed by atoms with Gasteiger partial charge in [0.1, 0.15) is 6.61 Å². The van der Waals surface area contributed by atoms with Gasteiger partial charge in [0, 0.05) is 17.3 Å². The van der Waals surface area contributed by atoms with Crippen LogP contribution in [0, 0.1) is 0 Å². The van der Waals surface area contributed by atoms with E-state index in [0.717, 1.165) is 18.4 Å². The SMILES string of the molecule is CCCc1ccc(NC(=O)NC2=C(CN(C)C)C(=O)OC2)cc1Cl. The maximum atomic E-state index is 12.1. The standard InChI is InChI=1S/C17H22ClN3O3/c1-4-5-11-6-7-12(8-14(11)18)19-17(23)20-15-10-24-16(22)13(15)9-21(2)3/h6-8H,4-5,9-10H2,1-3H3,(H2,19,20,23).